The zero-order valence-electron chi connectivity index (χ0n) is 17.6. The van der Waals surface area contributed by atoms with Crippen molar-refractivity contribution in [2.24, 2.45) is 11.8 Å². The topological polar surface area (TPSA) is 56.8 Å². The third-order valence-corrected chi connectivity index (χ3v) is 5.81. The Bertz CT molecular complexity index is 674. The van der Waals surface area contributed by atoms with Gasteiger partial charge in [0.05, 0.1) is 5.56 Å². The molecular formula is C22H34N4O2. The van der Waals surface area contributed by atoms with Crippen molar-refractivity contribution in [1.29, 1.82) is 0 Å². The zero-order chi connectivity index (χ0) is 20.1. The van der Waals surface area contributed by atoms with Crippen molar-refractivity contribution in [3.8, 4) is 0 Å². The molecule has 3 rings (SSSR count). The first-order chi connectivity index (χ1) is 13.4. The molecule has 6 nitrogen and oxygen atoms in total. The van der Waals surface area contributed by atoms with E-state index in [1.54, 1.807) is 6.20 Å². The number of aromatic nitrogens is 1. The van der Waals surface area contributed by atoms with Gasteiger partial charge in [0.15, 0.2) is 0 Å². The summed E-state index contributed by atoms with van der Waals surface area (Å²) in [6.07, 6.45) is 5.22. The van der Waals surface area contributed by atoms with E-state index in [4.69, 9.17) is 0 Å². The molecule has 28 heavy (non-hydrogen) atoms. The number of hydrogen-bond donors (Lipinski definition) is 0. The molecule has 0 aliphatic carbocycles. The Hall–Kier alpha value is -1.95. The zero-order valence-corrected chi connectivity index (χ0v) is 17.6. The molecule has 2 aliphatic heterocycles. The fraction of sp³-hybridized carbons (Fsp3) is 0.682. The van der Waals surface area contributed by atoms with Crippen LogP contribution in [0.2, 0.25) is 0 Å². The first kappa shape index (κ1) is 20.8. The summed E-state index contributed by atoms with van der Waals surface area (Å²) in [7, 11) is 2.15. The van der Waals surface area contributed by atoms with Crippen LogP contribution in [-0.4, -0.2) is 72.8 Å². The average Bonchev–Trinajstić information content (AvgIpc) is 2.91. The van der Waals surface area contributed by atoms with E-state index < -0.39 is 0 Å². The van der Waals surface area contributed by atoms with Gasteiger partial charge in [-0.1, -0.05) is 13.8 Å². The largest absolute Gasteiger partial charge is 0.355 e. The number of carbonyl (C=O) groups is 2. The van der Waals surface area contributed by atoms with E-state index in [2.05, 4.69) is 35.7 Å². The first-order valence-corrected chi connectivity index (χ1v) is 10.7. The summed E-state index contributed by atoms with van der Waals surface area (Å²) in [6.45, 7) is 9.51. The number of amides is 1. The van der Waals surface area contributed by atoms with Gasteiger partial charge in [-0.15, -0.1) is 0 Å². The summed E-state index contributed by atoms with van der Waals surface area (Å²) in [4.78, 5) is 36.4. The Morgan fingerprint density at radius 1 is 1.11 bits per heavy atom. The molecule has 0 saturated carbocycles. The molecule has 2 saturated heterocycles. The molecule has 1 atom stereocenters. The van der Waals surface area contributed by atoms with Crippen molar-refractivity contribution in [1.82, 2.24) is 14.8 Å². The number of pyridine rings is 1. The minimum absolute atomic E-state index is 0.00306. The average molecular weight is 387 g/mol. The summed E-state index contributed by atoms with van der Waals surface area (Å²) < 4.78 is 0. The highest BCUT2D eigenvalue weighted by atomic mass is 16.2. The van der Waals surface area contributed by atoms with Gasteiger partial charge in [0.1, 0.15) is 11.6 Å². The Labute approximate surface area is 168 Å². The van der Waals surface area contributed by atoms with Crippen LogP contribution in [0.15, 0.2) is 18.3 Å². The predicted molar refractivity (Wildman–Crippen MR) is 112 cm³/mol. The van der Waals surface area contributed by atoms with Gasteiger partial charge in [-0.2, -0.15) is 0 Å². The summed E-state index contributed by atoms with van der Waals surface area (Å²) in [5.41, 5.74) is 0.618. The summed E-state index contributed by atoms with van der Waals surface area (Å²) in [5, 5.41) is 0. The van der Waals surface area contributed by atoms with Crippen LogP contribution >= 0.6 is 0 Å². The fourth-order valence-corrected chi connectivity index (χ4v) is 4.15. The van der Waals surface area contributed by atoms with E-state index in [9.17, 15) is 9.59 Å². The van der Waals surface area contributed by atoms with Gasteiger partial charge < -0.3 is 14.7 Å². The standard InChI is InChI=1S/C22H34N4O2/c1-17(2)14-20(27)19-6-4-10-26(16-19)22(28)18-7-8-21(23-15-18)25-11-5-9-24(3)12-13-25/h7-8,15,17,19H,4-6,9-14,16H2,1-3H3/t19-/m1/s1. The molecule has 1 aromatic rings. The SMILES string of the molecule is CC(C)CC(=O)[C@@H]1CCCN(C(=O)c2ccc(N3CCCN(C)CC3)nc2)C1. The lowest BCUT2D eigenvalue weighted by Crippen LogP contribution is -2.42. The molecule has 2 fully saturated rings. The third kappa shape index (κ3) is 5.31. The molecule has 0 N–H and O–H groups in total. The van der Waals surface area contributed by atoms with Crippen molar-refractivity contribution in [2.75, 3.05) is 51.2 Å². The van der Waals surface area contributed by atoms with Crippen molar-refractivity contribution in [3.63, 3.8) is 0 Å². The van der Waals surface area contributed by atoms with Crippen LogP contribution in [0, 0.1) is 11.8 Å². The summed E-state index contributed by atoms with van der Waals surface area (Å²) in [6, 6.07) is 3.85. The second-order valence-corrected chi connectivity index (χ2v) is 8.70. The van der Waals surface area contributed by atoms with Crippen LogP contribution in [0.1, 0.15) is 49.9 Å². The number of rotatable bonds is 5. The van der Waals surface area contributed by atoms with Gasteiger partial charge >= 0.3 is 0 Å². The molecule has 0 unspecified atom stereocenters. The molecule has 0 spiro atoms. The molecule has 3 heterocycles. The number of nitrogens with zero attached hydrogens (tertiary/aromatic N) is 4. The van der Waals surface area contributed by atoms with Crippen LogP contribution in [0.25, 0.3) is 0 Å². The smallest absolute Gasteiger partial charge is 0.255 e. The molecule has 0 radical (unpaired) electrons. The highest BCUT2D eigenvalue weighted by Crippen LogP contribution is 2.22. The maximum atomic E-state index is 12.9. The lowest BCUT2D eigenvalue weighted by Gasteiger charge is -2.32. The Morgan fingerprint density at radius 2 is 1.93 bits per heavy atom. The van der Waals surface area contributed by atoms with E-state index in [-0.39, 0.29) is 11.8 Å². The normalized spacial score (nSPS) is 21.6. The van der Waals surface area contributed by atoms with Crippen LogP contribution in [-0.2, 0) is 4.79 Å². The number of hydrogen-bond acceptors (Lipinski definition) is 5. The van der Waals surface area contributed by atoms with Crippen molar-refractivity contribution >= 4 is 17.5 Å². The van der Waals surface area contributed by atoms with Gasteiger partial charge in [0.2, 0.25) is 0 Å². The first-order valence-electron chi connectivity index (χ1n) is 10.7. The minimum atomic E-state index is -0.0126. The van der Waals surface area contributed by atoms with Gasteiger partial charge in [-0.25, -0.2) is 4.98 Å². The molecule has 0 aromatic carbocycles. The van der Waals surface area contributed by atoms with Crippen LogP contribution in [0.4, 0.5) is 5.82 Å². The maximum absolute atomic E-state index is 12.9. The van der Waals surface area contributed by atoms with Crippen LogP contribution in [0.3, 0.4) is 0 Å². The minimum Gasteiger partial charge on any atom is -0.355 e. The van der Waals surface area contributed by atoms with E-state index in [1.165, 1.54) is 0 Å². The van der Waals surface area contributed by atoms with Crippen LogP contribution in [0.5, 0.6) is 0 Å². The van der Waals surface area contributed by atoms with Crippen molar-refractivity contribution < 1.29 is 9.59 Å². The predicted octanol–water partition coefficient (Wildman–Crippen LogP) is 2.69. The molecule has 154 valence electrons. The van der Waals surface area contributed by atoms with Gasteiger partial charge in [0.25, 0.3) is 5.91 Å². The molecule has 1 aromatic heterocycles. The monoisotopic (exact) mass is 386 g/mol. The fourth-order valence-electron chi connectivity index (χ4n) is 4.15. The molecular weight excluding hydrogens is 352 g/mol. The highest BCUT2D eigenvalue weighted by molar-refractivity contribution is 5.94. The van der Waals surface area contributed by atoms with Gasteiger partial charge in [-0.05, 0) is 50.9 Å². The number of likely N-dealkylation sites (tertiary alicyclic amines) is 1. The highest BCUT2D eigenvalue weighted by Gasteiger charge is 2.29. The van der Waals surface area contributed by atoms with Gasteiger partial charge in [0, 0.05) is 51.3 Å². The summed E-state index contributed by atoms with van der Waals surface area (Å²) >= 11 is 0. The van der Waals surface area contributed by atoms with Crippen LogP contribution < -0.4 is 4.90 Å². The van der Waals surface area contributed by atoms with E-state index in [0.29, 0.717) is 30.2 Å². The Balaban J connectivity index is 1.61. The van der Waals surface area contributed by atoms with Gasteiger partial charge in [-0.3, -0.25) is 9.59 Å². The Morgan fingerprint density at radius 3 is 2.64 bits per heavy atom. The van der Waals surface area contributed by atoms with Crippen molar-refractivity contribution in [2.45, 2.75) is 39.5 Å². The quantitative estimate of drug-likeness (QED) is 0.779. The Kier molecular flexibility index (Phi) is 7.05. The van der Waals surface area contributed by atoms with Crippen molar-refractivity contribution in [3.05, 3.63) is 23.9 Å². The van der Waals surface area contributed by atoms with E-state index in [1.807, 2.05) is 17.0 Å². The molecule has 1 amide bonds. The second-order valence-electron chi connectivity index (χ2n) is 8.70. The number of carbonyl (C=O) groups excluding carboxylic acids is 2. The molecule has 0 bridgehead atoms. The maximum Gasteiger partial charge on any atom is 0.255 e. The molecule has 2 aliphatic rings. The lowest BCUT2D eigenvalue weighted by molar-refractivity contribution is -0.124. The number of ketones is 1. The number of piperidine rings is 1. The van der Waals surface area contributed by atoms with E-state index in [0.717, 1.165) is 57.8 Å². The number of anilines is 1. The lowest BCUT2D eigenvalue weighted by atomic mass is 9.89. The second kappa shape index (κ2) is 9.50. The van der Waals surface area contributed by atoms with E-state index >= 15 is 0 Å². The number of likely N-dealkylation sites (N-methyl/N-ethyl adjacent to an activating group) is 1. The number of Topliss-reactive ketones (excluding diaryl/α,β-unsaturated/α-hetero) is 1. The summed E-state index contributed by atoms with van der Waals surface area (Å²) in [5.74, 6) is 1.59. The third-order valence-electron chi connectivity index (χ3n) is 5.81. The molecule has 6 heteroatoms.